The maximum Gasteiger partial charge on any atom is 0.417 e. The molecule has 0 aliphatic carbocycles. The number of nitrogens with one attached hydrogen (secondary N) is 5. The smallest absolute Gasteiger partial charge is 0.417 e. The number of urea groups is 1. The van der Waals surface area contributed by atoms with Crippen LogP contribution in [0.5, 0.6) is 12.0 Å². The van der Waals surface area contributed by atoms with E-state index in [-0.39, 0.29) is 134 Å². The molecule has 0 saturated carbocycles. The molecule has 4 rings (SSSR count). The number of benzene rings is 2. The average molecular weight is 1890 g/mol. The van der Waals surface area contributed by atoms with Crippen molar-refractivity contribution < 1.29 is 156 Å². The molecule has 0 spiro atoms. The molecule has 21 N–H and O–H groups in total. The fourth-order valence-corrected chi connectivity index (χ4v) is 11.9. The molecule has 0 bridgehead atoms. The number of fused-ring (bicyclic) bond motifs is 1. The van der Waals surface area contributed by atoms with Gasteiger partial charge < -0.3 is 176 Å². The maximum absolute atomic E-state index is 13.9. The highest BCUT2D eigenvalue weighted by atomic mass is 16.6. The number of aromatic nitrogens is 4. The summed E-state index contributed by atoms with van der Waals surface area (Å²) in [5.41, 5.74) is 20.2. The zero-order chi connectivity index (χ0) is 96.6. The monoisotopic (exact) mass is 1890 g/mol. The molecule has 0 unspecified atom stereocenters. The van der Waals surface area contributed by atoms with E-state index >= 15 is 0 Å². The summed E-state index contributed by atoms with van der Waals surface area (Å²) in [7, 11) is 3.02. The molecule has 11 atom stereocenters. The number of carbonyl (C=O) groups excluding carboxylic acids is 7. The standard InChI is InChI=1S/C85H145N15O32/c1-6-7-28-130-82-95-76(87)71-77(96-82)100(53-60-14-9-8-10-15-60)83(94-71)132-85(117)98(5)26-25-97(4)84(116)131-58-61-18-20-62(21-19-61)91-79(113)64(17-13-24-90-81(88)115)92-80(114)70(59(2)3)93-78(112)63(86)16-11-12-23-89-69(107)22-29-118-31-33-120-35-37-122-39-41-124-43-45-126-47-49-128-51-52-129-50-48-127-46-44-125-42-40-123-38-36-121-34-32-119-30-27-99(54-65(103)72(108)74(110)67(105)56-101)55-66(104)73(109)75(111)68(106)57-102/h8-10,14-15,18-21,59,63-68,70,72-75,101-106,108-111H,6-7,11-13,16-17,22-58,86H2,1-5H3,(H,89,107)(H,91,113)(H,92,114)(H,93,112)(H2,87,95,96)(H3,88,90,115)/t63-,64-,65-,66-,67+,68+,70-,72+,73+,74+,75+/m0/s1. The number of hydrogen-bond acceptors (Lipinski definition) is 38. The topological polar surface area (TPSA) is 652 Å². The third-order valence-electron chi connectivity index (χ3n) is 19.7. The van der Waals surface area contributed by atoms with Gasteiger partial charge in [-0.15, -0.1) is 0 Å². The quantitative estimate of drug-likeness (QED) is 0.0193. The summed E-state index contributed by atoms with van der Waals surface area (Å²) < 4.78 is 85.0. The lowest BCUT2D eigenvalue weighted by Gasteiger charge is -2.33. The summed E-state index contributed by atoms with van der Waals surface area (Å²) in [5.74, 6) is -2.41. The van der Waals surface area contributed by atoms with E-state index in [2.05, 4.69) is 41.5 Å². The first kappa shape index (κ1) is 116. The Kier molecular flexibility index (Phi) is 61.4. The van der Waals surface area contributed by atoms with Crippen LogP contribution in [0.1, 0.15) is 83.3 Å². The van der Waals surface area contributed by atoms with Gasteiger partial charge in [0.05, 0.1) is 203 Å². The number of primary amides is 1. The van der Waals surface area contributed by atoms with E-state index in [0.717, 1.165) is 18.4 Å². The summed E-state index contributed by atoms with van der Waals surface area (Å²) in [5, 5.41) is 112. The number of imidazole rings is 1. The molecule has 132 heavy (non-hydrogen) atoms. The number of aliphatic hydroxyl groups is 10. The summed E-state index contributed by atoms with van der Waals surface area (Å²) >= 11 is 0. The molecule has 2 heterocycles. The van der Waals surface area contributed by atoms with Crippen molar-refractivity contribution in [1.82, 2.24) is 55.5 Å². The van der Waals surface area contributed by atoms with Gasteiger partial charge in [-0.1, -0.05) is 69.7 Å². The highest BCUT2D eigenvalue weighted by Gasteiger charge is 2.36. The lowest BCUT2D eigenvalue weighted by atomic mass is 10.0. The van der Waals surface area contributed by atoms with Crippen molar-refractivity contribution in [2.24, 2.45) is 17.4 Å². The normalized spacial score (nSPS) is 14.2. The van der Waals surface area contributed by atoms with Crippen molar-refractivity contribution in [3.63, 3.8) is 0 Å². The number of nitrogen functional groups attached to an aromatic ring is 1. The van der Waals surface area contributed by atoms with Crippen LogP contribution < -0.4 is 53.3 Å². The molecular weight excluding hydrogens is 1740 g/mol. The van der Waals surface area contributed by atoms with Crippen LogP contribution in [0, 0.1) is 5.92 Å². The summed E-state index contributed by atoms with van der Waals surface area (Å²) in [6.45, 7) is 11.7. The zero-order valence-corrected chi connectivity index (χ0v) is 76.6. The van der Waals surface area contributed by atoms with Crippen LogP contribution >= 0.6 is 0 Å². The highest BCUT2D eigenvalue weighted by molar-refractivity contribution is 5.98. The Morgan fingerprint density at radius 1 is 0.485 bits per heavy atom. The number of nitrogens with two attached hydrogens (primary N) is 3. The number of ether oxygens (including phenoxy) is 15. The fraction of sp³-hybridized carbons (Fsp3) is 0.718. The largest absolute Gasteiger partial charge is 0.463 e. The molecule has 0 aliphatic heterocycles. The van der Waals surface area contributed by atoms with Gasteiger partial charge in [0.25, 0.3) is 0 Å². The molecule has 0 saturated heterocycles. The Hall–Kier alpha value is -8.68. The molecule has 0 fully saturated rings. The third-order valence-corrected chi connectivity index (χ3v) is 19.7. The van der Waals surface area contributed by atoms with Crippen molar-refractivity contribution in [3.8, 4) is 12.0 Å². The van der Waals surface area contributed by atoms with E-state index in [0.29, 0.717) is 162 Å². The molecule has 47 heteroatoms. The number of likely N-dealkylation sites (N-methyl/N-ethyl adjacent to an activating group) is 2. The van der Waals surface area contributed by atoms with Gasteiger partial charge in [0.15, 0.2) is 17.0 Å². The summed E-state index contributed by atoms with van der Waals surface area (Å²) in [6.07, 6.45) is -12.5. The van der Waals surface area contributed by atoms with Crippen molar-refractivity contribution in [1.29, 1.82) is 0 Å². The van der Waals surface area contributed by atoms with Gasteiger partial charge in [-0.3, -0.25) is 28.6 Å². The minimum Gasteiger partial charge on any atom is -0.463 e. The second kappa shape index (κ2) is 70.0. The first-order chi connectivity index (χ1) is 63.6. The number of hydrogen-bond donors (Lipinski definition) is 18. The molecule has 8 amide bonds. The maximum atomic E-state index is 13.9. The summed E-state index contributed by atoms with van der Waals surface area (Å²) in [6, 6.07) is 11.9. The number of rotatable bonds is 79. The van der Waals surface area contributed by atoms with Crippen LogP contribution in [0.2, 0.25) is 0 Å². The fourth-order valence-electron chi connectivity index (χ4n) is 11.9. The van der Waals surface area contributed by atoms with Crippen LogP contribution in [-0.2, 0) is 93.9 Å². The number of nitrogens with zero attached hydrogens (tertiary/aromatic N) is 7. The molecule has 0 aliphatic rings. The third kappa shape index (κ3) is 49.5. The van der Waals surface area contributed by atoms with Gasteiger partial charge in [0, 0.05) is 72.0 Å². The minimum atomic E-state index is -1.90. The number of unbranched alkanes of at least 4 members (excludes halogenated alkanes) is 2. The predicted octanol–water partition coefficient (Wildman–Crippen LogP) is -3.28. The number of aliphatic hydroxyl groups excluding tert-OH is 10. The first-order valence-corrected chi connectivity index (χ1v) is 44.5. The number of anilines is 2. The van der Waals surface area contributed by atoms with E-state index in [4.69, 9.17) is 98.5 Å². The van der Waals surface area contributed by atoms with Gasteiger partial charge in [0.1, 0.15) is 55.3 Å². The van der Waals surface area contributed by atoms with Crippen LogP contribution in [0.4, 0.5) is 25.9 Å². The van der Waals surface area contributed by atoms with Crippen molar-refractivity contribution in [2.45, 2.75) is 152 Å². The van der Waals surface area contributed by atoms with E-state index in [9.17, 15) is 74.4 Å². The highest BCUT2D eigenvalue weighted by Crippen LogP contribution is 2.28. The Labute approximate surface area is 769 Å². The molecule has 0 radical (unpaired) electrons. The van der Waals surface area contributed by atoms with Crippen LogP contribution in [0.3, 0.4) is 0 Å². The molecule has 752 valence electrons. The van der Waals surface area contributed by atoms with Crippen LogP contribution in [0.15, 0.2) is 54.6 Å². The lowest BCUT2D eigenvalue weighted by molar-refractivity contribution is -0.132. The molecule has 2 aromatic heterocycles. The van der Waals surface area contributed by atoms with E-state index in [1.165, 1.54) is 28.8 Å². The van der Waals surface area contributed by atoms with Crippen molar-refractivity contribution in [2.75, 3.05) is 249 Å². The van der Waals surface area contributed by atoms with E-state index in [1.807, 2.05) is 37.3 Å². The van der Waals surface area contributed by atoms with E-state index in [1.54, 1.807) is 42.7 Å². The molecule has 47 nitrogen and oxygen atoms in total. The number of carbonyl (C=O) groups is 7. The van der Waals surface area contributed by atoms with Gasteiger partial charge in [-0.05, 0) is 67.7 Å². The van der Waals surface area contributed by atoms with Gasteiger partial charge in [0.2, 0.25) is 23.6 Å². The van der Waals surface area contributed by atoms with E-state index < -0.39 is 135 Å². The summed E-state index contributed by atoms with van der Waals surface area (Å²) in [4.78, 5) is 109. The Bertz CT molecular complexity index is 3740. The van der Waals surface area contributed by atoms with Crippen molar-refractivity contribution in [3.05, 3.63) is 65.7 Å². The Balaban J connectivity index is 0.941. The second-order valence-electron chi connectivity index (χ2n) is 30.8. The predicted molar refractivity (Wildman–Crippen MR) is 476 cm³/mol. The van der Waals surface area contributed by atoms with Crippen molar-refractivity contribution >= 4 is 64.5 Å². The average Bonchev–Trinajstić information content (AvgIpc) is 1.62. The first-order valence-electron chi connectivity index (χ1n) is 44.5. The SMILES string of the molecule is CCCCOc1nc(N)c2nc(OC(=O)N(C)CCN(C)C(=O)OCc3ccc(NC(=O)[C@H](CCCNC(N)=O)NC(=O)[C@@H](NC(=O)[C@@H](N)CCCCNC(=O)CCOCCOCCOCCOCCOCCOCCOCCOCCOCCOCCOCCOCCN(C[C@H](O)[C@@H](O)[C@H](O)[C@H](O)CO)C[C@H](O)[C@@H](O)[C@H](O)[C@H](O)CO)C(C)C)cc3)n(Cc3ccccc3)c2n1. The van der Waals surface area contributed by atoms with Gasteiger partial charge in [-0.2, -0.15) is 15.0 Å². The molecular formula is C85H145N15O32. The minimum absolute atomic E-state index is 0.00785. The second-order valence-corrected chi connectivity index (χ2v) is 30.8. The number of amides is 8. The van der Waals surface area contributed by atoms with Crippen LogP contribution in [0.25, 0.3) is 11.2 Å². The molecule has 2 aromatic carbocycles. The van der Waals surface area contributed by atoms with Gasteiger partial charge in [-0.25, -0.2) is 14.4 Å². The van der Waals surface area contributed by atoms with Crippen LogP contribution in [-0.4, -0.2) is 432 Å². The van der Waals surface area contributed by atoms with Gasteiger partial charge >= 0.3 is 30.2 Å². The lowest BCUT2D eigenvalue weighted by Crippen LogP contribution is -2.56. The Morgan fingerprint density at radius 2 is 0.947 bits per heavy atom. The molecule has 4 aromatic rings. The zero-order valence-electron chi connectivity index (χ0n) is 76.6. The Morgan fingerprint density at radius 3 is 1.42 bits per heavy atom.